The number of ether oxygens (including phenoxy) is 3. The summed E-state index contributed by atoms with van der Waals surface area (Å²) in [6, 6.07) is 27.8. The molecule has 2 fully saturated rings. The van der Waals surface area contributed by atoms with Gasteiger partial charge in [-0.3, -0.25) is 67.8 Å². The maximum Gasteiger partial charge on any atom is 0.261 e. The topological polar surface area (TPSA) is 184 Å². The number of amides is 8. The van der Waals surface area contributed by atoms with Gasteiger partial charge in [-0.05, 0) is 140 Å². The van der Waals surface area contributed by atoms with Gasteiger partial charge in [-0.2, -0.15) is 0 Å². The molecule has 0 N–H and O–H groups in total. The van der Waals surface area contributed by atoms with Gasteiger partial charge >= 0.3 is 0 Å². The van der Waals surface area contributed by atoms with Crippen molar-refractivity contribution in [2.75, 3.05) is 92.0 Å². The minimum Gasteiger partial charge on any atom is -0.379 e. The molecule has 2 atom stereocenters. The first-order valence-corrected chi connectivity index (χ1v) is 29.5. The number of carbonyl (C=O) groups is 8. The van der Waals surface area contributed by atoms with E-state index >= 15 is 0 Å². The molecule has 424 valence electrons. The van der Waals surface area contributed by atoms with Crippen molar-refractivity contribution in [1.82, 2.24) is 29.4 Å². The molecule has 0 bridgehead atoms. The van der Waals surface area contributed by atoms with E-state index in [0.717, 1.165) is 104 Å². The molecule has 10 aromatic carbocycles. The van der Waals surface area contributed by atoms with E-state index in [1.807, 2.05) is 48.5 Å². The van der Waals surface area contributed by atoms with Gasteiger partial charge in [0.2, 0.25) is 0 Å². The summed E-state index contributed by atoms with van der Waals surface area (Å²) in [6.07, 6.45) is 1.30. The Balaban J connectivity index is 0.637. The van der Waals surface area contributed by atoms with Crippen molar-refractivity contribution >= 4 is 133 Å². The average Bonchev–Trinajstić information content (AvgIpc) is 0.899. The Labute approximate surface area is 485 Å². The van der Waals surface area contributed by atoms with Crippen molar-refractivity contribution in [2.24, 2.45) is 0 Å². The molecule has 0 radical (unpaired) electrons. The van der Waals surface area contributed by atoms with Crippen LogP contribution in [0.2, 0.25) is 0 Å². The monoisotopic (exact) mass is 1130 g/mol. The van der Waals surface area contributed by atoms with Crippen LogP contribution in [0.4, 0.5) is 0 Å². The van der Waals surface area contributed by atoms with E-state index in [1.165, 1.54) is 19.6 Å². The van der Waals surface area contributed by atoms with Crippen molar-refractivity contribution in [3.05, 3.63) is 142 Å². The Morgan fingerprint density at radius 2 is 0.565 bits per heavy atom. The molecule has 17 nitrogen and oxygen atoms in total. The van der Waals surface area contributed by atoms with Crippen LogP contribution in [-0.4, -0.2) is 181 Å². The van der Waals surface area contributed by atoms with Crippen LogP contribution >= 0.6 is 0 Å². The van der Waals surface area contributed by atoms with Crippen LogP contribution in [0.1, 0.15) is 110 Å². The first-order valence-electron chi connectivity index (χ1n) is 29.5. The highest BCUT2D eigenvalue weighted by Crippen LogP contribution is 2.49. The van der Waals surface area contributed by atoms with E-state index in [1.54, 1.807) is 62.4 Å². The second-order valence-electron chi connectivity index (χ2n) is 23.6. The van der Waals surface area contributed by atoms with Crippen molar-refractivity contribution in [3.63, 3.8) is 0 Å². The molecule has 0 aromatic heterocycles. The van der Waals surface area contributed by atoms with E-state index in [4.69, 9.17) is 14.2 Å². The zero-order valence-corrected chi connectivity index (χ0v) is 46.9. The zero-order valence-electron chi connectivity index (χ0n) is 46.9. The van der Waals surface area contributed by atoms with Crippen LogP contribution in [-0.2, 0) is 14.2 Å². The molecule has 0 spiro atoms. The lowest BCUT2D eigenvalue weighted by Gasteiger charge is -2.34. The summed E-state index contributed by atoms with van der Waals surface area (Å²) in [5, 5.41) is 11.8. The number of rotatable bonds is 14. The molecule has 8 amide bonds. The van der Waals surface area contributed by atoms with Gasteiger partial charge in [-0.25, -0.2) is 0 Å². The maximum atomic E-state index is 14.6. The van der Waals surface area contributed by atoms with Crippen molar-refractivity contribution in [3.8, 4) is 0 Å². The number of morpholine rings is 2. The number of nitrogens with zero attached hydrogens (tertiary/aromatic N) is 6. The average molecular weight is 1130 g/mol. The molecule has 17 heteroatoms. The minimum atomic E-state index is -0.743. The largest absolute Gasteiger partial charge is 0.379 e. The third-order valence-corrected chi connectivity index (χ3v) is 19.0. The molecule has 85 heavy (non-hydrogen) atoms. The maximum absolute atomic E-state index is 14.6. The van der Waals surface area contributed by atoms with E-state index in [0.29, 0.717) is 118 Å². The van der Waals surface area contributed by atoms with Crippen molar-refractivity contribution in [2.45, 2.75) is 38.8 Å². The summed E-state index contributed by atoms with van der Waals surface area (Å²) >= 11 is 0. The van der Waals surface area contributed by atoms with Crippen LogP contribution in [0.5, 0.6) is 0 Å². The molecule has 2 saturated heterocycles. The van der Waals surface area contributed by atoms with Crippen molar-refractivity contribution < 1.29 is 52.6 Å². The molecular formula is C68H56N6O11. The zero-order chi connectivity index (χ0) is 57.8. The van der Waals surface area contributed by atoms with Crippen LogP contribution < -0.4 is 0 Å². The van der Waals surface area contributed by atoms with Gasteiger partial charge in [-0.1, -0.05) is 48.5 Å². The molecule has 16 rings (SSSR count). The number of hydrogen-bond acceptors (Lipinski definition) is 13. The summed E-state index contributed by atoms with van der Waals surface area (Å²) in [5.41, 5.74) is 3.31. The summed E-state index contributed by atoms with van der Waals surface area (Å²) < 4.78 is 17.2. The van der Waals surface area contributed by atoms with Crippen molar-refractivity contribution in [1.29, 1.82) is 0 Å². The Bertz CT molecular complexity index is 4160. The highest BCUT2D eigenvalue weighted by Gasteiger charge is 2.42. The Hall–Kier alpha value is -8.84. The number of imide groups is 4. The molecule has 6 aliphatic heterocycles. The lowest BCUT2D eigenvalue weighted by atomic mass is 9.82. The first kappa shape index (κ1) is 51.8. The van der Waals surface area contributed by atoms with Crippen LogP contribution in [0.25, 0.3) is 86.2 Å². The van der Waals surface area contributed by atoms with Gasteiger partial charge in [0, 0.05) is 118 Å². The number of carbonyl (C=O) groups excluding carboxylic acids is 8. The van der Waals surface area contributed by atoms with E-state index in [-0.39, 0.29) is 36.8 Å². The SMILES string of the molecule is CC(COCC(C)N1C(=O)c2ccc3c4ccc5c6c(ccc(c7ccc(c2c37)C1=O)c64)C(=O)N(CCCN1CCOCC1)C5=O)N1C(=O)c2ccc3c4ccc5c6c(ccc(c7ccc(c2c37)C1=O)c64)C(=O)N(CCCN1CCOCC1)C5=O. The Kier molecular flexibility index (Phi) is 11.8. The van der Waals surface area contributed by atoms with Gasteiger partial charge in [-0.15, -0.1) is 0 Å². The van der Waals surface area contributed by atoms with Gasteiger partial charge in [0.1, 0.15) is 0 Å². The standard InChI is InChI=1S/C68H56N6O11/c1-35(73-65(79)49-17-9-41-37-5-13-45-57-46(62(76)71(61(45)75)23-3-21-69-25-29-83-30-26-69)14-6-38(53(37)57)42-10-18-50(66(73)80)59(49)55(41)42)33-85-34-36(2)74-67(81)51-19-11-43-39-7-15-47-58-48(64(78)72(63(47)77)24-4-22-70-27-31-84-32-28-70)16-8-40(54(39)58)44-12-20-52(68(74)82)60(51)56(43)44/h5-20,35-36H,3-4,21-34H2,1-2H3. The van der Waals surface area contributed by atoms with E-state index < -0.39 is 35.7 Å². The second kappa shape index (κ2) is 19.3. The van der Waals surface area contributed by atoms with Crippen LogP contribution in [0.15, 0.2) is 97.1 Å². The van der Waals surface area contributed by atoms with E-state index in [2.05, 4.69) is 9.80 Å². The fourth-order valence-electron chi connectivity index (χ4n) is 15.0. The summed E-state index contributed by atoms with van der Waals surface area (Å²) in [5.74, 6) is -3.20. The first-order chi connectivity index (χ1) is 41.4. The lowest BCUT2D eigenvalue weighted by Crippen LogP contribution is -2.49. The number of hydrogen-bond donors (Lipinski definition) is 0. The third-order valence-electron chi connectivity index (χ3n) is 19.0. The minimum absolute atomic E-state index is 0.0765. The molecule has 10 aromatic rings. The molecular weight excluding hydrogens is 1080 g/mol. The van der Waals surface area contributed by atoms with Crippen LogP contribution in [0, 0.1) is 0 Å². The highest BCUT2D eigenvalue weighted by atomic mass is 16.5. The van der Waals surface area contributed by atoms with Gasteiger partial charge in [0.25, 0.3) is 47.3 Å². The molecule has 2 unspecified atom stereocenters. The summed E-state index contributed by atoms with van der Waals surface area (Å²) in [7, 11) is 0. The highest BCUT2D eigenvalue weighted by molar-refractivity contribution is 6.43. The second-order valence-corrected chi connectivity index (χ2v) is 23.6. The molecule has 6 heterocycles. The quantitative estimate of drug-likeness (QED) is 0.0571. The normalized spacial score (nSPS) is 18.6. The predicted molar refractivity (Wildman–Crippen MR) is 321 cm³/mol. The summed E-state index contributed by atoms with van der Waals surface area (Å²) in [6.45, 7) is 11.4. The third kappa shape index (κ3) is 7.40. The van der Waals surface area contributed by atoms with Gasteiger partial charge in [0.15, 0.2) is 0 Å². The van der Waals surface area contributed by atoms with E-state index in [9.17, 15) is 38.4 Å². The molecule has 0 saturated carbocycles. The molecule has 0 aliphatic carbocycles. The van der Waals surface area contributed by atoms with Gasteiger partial charge < -0.3 is 14.2 Å². The Morgan fingerprint density at radius 3 is 0.812 bits per heavy atom. The fourth-order valence-corrected chi connectivity index (χ4v) is 15.0. The molecule has 6 aliphatic rings. The number of benzene rings is 10. The lowest BCUT2D eigenvalue weighted by molar-refractivity contribution is 0.0235. The Morgan fingerprint density at radius 1 is 0.329 bits per heavy atom. The fraction of sp³-hybridized carbons (Fsp3) is 0.294. The number of fused-ring (bicyclic) bond motifs is 4. The van der Waals surface area contributed by atoms with Crippen LogP contribution in [0.3, 0.4) is 0 Å². The van der Waals surface area contributed by atoms with Gasteiger partial charge in [0.05, 0.1) is 51.7 Å². The summed E-state index contributed by atoms with van der Waals surface area (Å²) in [4.78, 5) is 125. The predicted octanol–water partition coefficient (Wildman–Crippen LogP) is 9.11. The smallest absolute Gasteiger partial charge is 0.261 e.